The van der Waals surface area contributed by atoms with Gasteiger partial charge in [0.25, 0.3) is 0 Å². The van der Waals surface area contributed by atoms with E-state index < -0.39 is 0 Å². The molecule has 1 aliphatic heterocycles. The number of carbonyl (C=O) groups is 1. The molecule has 1 saturated heterocycles. The number of piperidine rings is 1. The number of rotatable bonds is 7. The van der Waals surface area contributed by atoms with Crippen molar-refractivity contribution in [3.05, 3.63) is 35.4 Å². The molecule has 1 saturated carbocycles. The summed E-state index contributed by atoms with van der Waals surface area (Å²) in [5.41, 5.74) is 2.79. The Balaban J connectivity index is 1.43. The molecular formula is C21H33N3O. The van der Waals surface area contributed by atoms with E-state index in [1.165, 1.54) is 24.0 Å². The summed E-state index contributed by atoms with van der Waals surface area (Å²) in [4.78, 5) is 17.1. The SMILES string of the molecule is CCCN(CC1CC1)C(=O)NC1CCN(Cc2ccccc2C)CC1. The summed E-state index contributed by atoms with van der Waals surface area (Å²) in [6.45, 7) is 9.32. The molecule has 0 unspecified atom stereocenters. The Kier molecular flexibility index (Phi) is 6.35. The van der Waals surface area contributed by atoms with Gasteiger partial charge in [0.1, 0.15) is 0 Å². The summed E-state index contributed by atoms with van der Waals surface area (Å²) < 4.78 is 0. The molecule has 2 aliphatic rings. The topological polar surface area (TPSA) is 35.6 Å². The fraction of sp³-hybridized carbons (Fsp3) is 0.667. The van der Waals surface area contributed by atoms with Crippen LogP contribution in [0.4, 0.5) is 4.79 Å². The first-order valence-electron chi connectivity index (χ1n) is 9.98. The summed E-state index contributed by atoms with van der Waals surface area (Å²) >= 11 is 0. The van der Waals surface area contributed by atoms with Gasteiger partial charge in [-0.05, 0) is 56.1 Å². The highest BCUT2D eigenvalue weighted by atomic mass is 16.2. The van der Waals surface area contributed by atoms with Gasteiger partial charge in [-0.15, -0.1) is 0 Å². The number of carbonyl (C=O) groups excluding carboxylic acids is 1. The first-order chi connectivity index (χ1) is 12.2. The summed E-state index contributed by atoms with van der Waals surface area (Å²) in [6.07, 6.45) is 5.74. The Hall–Kier alpha value is -1.55. The van der Waals surface area contributed by atoms with Crippen molar-refractivity contribution in [1.29, 1.82) is 0 Å². The monoisotopic (exact) mass is 343 g/mol. The average molecular weight is 344 g/mol. The number of likely N-dealkylation sites (tertiary alicyclic amines) is 1. The maximum atomic E-state index is 12.6. The lowest BCUT2D eigenvalue weighted by molar-refractivity contribution is 0.167. The van der Waals surface area contributed by atoms with Gasteiger partial charge in [-0.3, -0.25) is 4.90 Å². The second-order valence-corrected chi connectivity index (χ2v) is 7.82. The fourth-order valence-electron chi connectivity index (χ4n) is 3.69. The van der Waals surface area contributed by atoms with Crippen LogP contribution in [0.3, 0.4) is 0 Å². The molecule has 1 aromatic carbocycles. The van der Waals surface area contributed by atoms with Gasteiger partial charge in [-0.1, -0.05) is 31.2 Å². The third-order valence-corrected chi connectivity index (χ3v) is 5.53. The second kappa shape index (κ2) is 8.70. The molecule has 3 rings (SSSR count). The smallest absolute Gasteiger partial charge is 0.317 e. The Morgan fingerprint density at radius 2 is 1.92 bits per heavy atom. The van der Waals surface area contributed by atoms with Crippen molar-refractivity contribution in [2.75, 3.05) is 26.2 Å². The number of hydrogen-bond acceptors (Lipinski definition) is 2. The first-order valence-corrected chi connectivity index (χ1v) is 9.98. The second-order valence-electron chi connectivity index (χ2n) is 7.82. The minimum atomic E-state index is 0.158. The minimum Gasteiger partial charge on any atom is -0.335 e. The average Bonchev–Trinajstić information content (AvgIpc) is 3.42. The number of hydrogen-bond donors (Lipinski definition) is 1. The van der Waals surface area contributed by atoms with Crippen molar-refractivity contribution in [2.45, 2.75) is 58.5 Å². The van der Waals surface area contributed by atoms with Crippen LogP contribution in [0.2, 0.25) is 0 Å². The molecule has 1 heterocycles. The lowest BCUT2D eigenvalue weighted by Crippen LogP contribution is -2.49. The Morgan fingerprint density at radius 3 is 2.56 bits per heavy atom. The maximum Gasteiger partial charge on any atom is 0.317 e. The standard InChI is InChI=1S/C21H33N3O/c1-3-12-24(15-18-8-9-18)21(25)22-20-10-13-23(14-11-20)16-19-7-5-4-6-17(19)2/h4-7,18,20H,3,8-16H2,1-2H3,(H,22,25). The van der Waals surface area contributed by atoms with Gasteiger partial charge < -0.3 is 10.2 Å². The molecule has 0 bridgehead atoms. The van der Waals surface area contributed by atoms with E-state index in [4.69, 9.17) is 0 Å². The van der Waals surface area contributed by atoms with Gasteiger partial charge in [0, 0.05) is 38.8 Å². The van der Waals surface area contributed by atoms with Crippen LogP contribution in [-0.2, 0) is 6.54 Å². The van der Waals surface area contributed by atoms with Gasteiger partial charge >= 0.3 is 6.03 Å². The van der Waals surface area contributed by atoms with Crippen LogP contribution in [0, 0.1) is 12.8 Å². The summed E-state index contributed by atoms with van der Waals surface area (Å²) in [7, 11) is 0. The highest BCUT2D eigenvalue weighted by molar-refractivity contribution is 5.74. The number of aryl methyl sites for hydroxylation is 1. The molecular weight excluding hydrogens is 310 g/mol. The van der Waals surface area contributed by atoms with Gasteiger partial charge in [0.15, 0.2) is 0 Å². The lowest BCUT2D eigenvalue weighted by atomic mass is 10.0. The fourth-order valence-corrected chi connectivity index (χ4v) is 3.69. The van der Waals surface area contributed by atoms with Crippen LogP contribution in [0.25, 0.3) is 0 Å². The van der Waals surface area contributed by atoms with Crippen LogP contribution in [0.5, 0.6) is 0 Å². The number of amides is 2. The van der Waals surface area contributed by atoms with Gasteiger partial charge in [0.2, 0.25) is 0 Å². The molecule has 138 valence electrons. The zero-order chi connectivity index (χ0) is 17.6. The van der Waals surface area contributed by atoms with Gasteiger partial charge in [-0.2, -0.15) is 0 Å². The molecule has 2 fully saturated rings. The van der Waals surface area contributed by atoms with Crippen molar-refractivity contribution in [3.63, 3.8) is 0 Å². The third kappa shape index (κ3) is 5.46. The minimum absolute atomic E-state index is 0.158. The van der Waals surface area contributed by atoms with Crippen LogP contribution in [-0.4, -0.2) is 48.1 Å². The molecule has 0 aromatic heterocycles. The van der Waals surface area contributed by atoms with Crippen molar-refractivity contribution in [3.8, 4) is 0 Å². The Labute approximate surface area is 152 Å². The molecule has 25 heavy (non-hydrogen) atoms. The molecule has 2 amide bonds. The van der Waals surface area contributed by atoms with E-state index in [2.05, 4.69) is 48.3 Å². The Bertz CT molecular complexity index is 562. The van der Waals surface area contributed by atoms with Crippen LogP contribution >= 0.6 is 0 Å². The Morgan fingerprint density at radius 1 is 1.20 bits per heavy atom. The predicted octanol–water partition coefficient (Wildman–Crippen LogP) is 3.79. The number of benzene rings is 1. The van der Waals surface area contributed by atoms with Crippen molar-refractivity contribution < 1.29 is 4.79 Å². The molecule has 1 N–H and O–H groups in total. The molecule has 1 aliphatic carbocycles. The summed E-state index contributed by atoms with van der Waals surface area (Å²) in [6, 6.07) is 9.13. The highest BCUT2D eigenvalue weighted by Crippen LogP contribution is 2.29. The molecule has 4 nitrogen and oxygen atoms in total. The van der Waals surface area contributed by atoms with E-state index in [0.29, 0.717) is 6.04 Å². The van der Waals surface area contributed by atoms with E-state index in [1.54, 1.807) is 0 Å². The zero-order valence-corrected chi connectivity index (χ0v) is 15.8. The number of nitrogens with zero attached hydrogens (tertiary/aromatic N) is 2. The molecule has 0 spiro atoms. The zero-order valence-electron chi connectivity index (χ0n) is 15.8. The normalized spacial score (nSPS) is 19.0. The molecule has 0 atom stereocenters. The quantitative estimate of drug-likeness (QED) is 0.817. The van der Waals surface area contributed by atoms with Crippen molar-refractivity contribution >= 4 is 6.03 Å². The van der Waals surface area contributed by atoms with E-state index in [9.17, 15) is 4.79 Å². The van der Waals surface area contributed by atoms with Crippen LogP contribution in [0.1, 0.15) is 50.2 Å². The van der Waals surface area contributed by atoms with E-state index in [1.807, 2.05) is 4.90 Å². The van der Waals surface area contributed by atoms with E-state index in [-0.39, 0.29) is 6.03 Å². The number of nitrogens with one attached hydrogen (secondary N) is 1. The highest BCUT2D eigenvalue weighted by Gasteiger charge is 2.28. The maximum absolute atomic E-state index is 12.6. The summed E-state index contributed by atoms with van der Waals surface area (Å²) in [5, 5.41) is 3.29. The van der Waals surface area contributed by atoms with Crippen LogP contribution < -0.4 is 5.32 Å². The van der Waals surface area contributed by atoms with Crippen molar-refractivity contribution in [2.24, 2.45) is 5.92 Å². The summed E-state index contributed by atoms with van der Waals surface area (Å²) in [5.74, 6) is 0.758. The van der Waals surface area contributed by atoms with Crippen molar-refractivity contribution in [1.82, 2.24) is 15.1 Å². The lowest BCUT2D eigenvalue weighted by Gasteiger charge is -2.34. The third-order valence-electron chi connectivity index (χ3n) is 5.53. The van der Waals surface area contributed by atoms with Gasteiger partial charge in [-0.25, -0.2) is 4.79 Å². The molecule has 1 aromatic rings. The van der Waals surface area contributed by atoms with E-state index >= 15 is 0 Å². The first kappa shape index (κ1) is 18.2. The van der Waals surface area contributed by atoms with Crippen LogP contribution in [0.15, 0.2) is 24.3 Å². The molecule has 4 heteroatoms. The number of urea groups is 1. The predicted molar refractivity (Wildman–Crippen MR) is 103 cm³/mol. The van der Waals surface area contributed by atoms with E-state index in [0.717, 1.165) is 57.9 Å². The largest absolute Gasteiger partial charge is 0.335 e. The van der Waals surface area contributed by atoms with Gasteiger partial charge in [0.05, 0.1) is 0 Å². The molecule has 0 radical (unpaired) electrons.